The van der Waals surface area contributed by atoms with Crippen LogP contribution >= 0.6 is 0 Å². The normalized spacial score (nSPS) is 11.5. The molecule has 27 rings (SSSR count). The number of hydrogen-bond acceptors (Lipinski definition) is 21. The zero-order valence-electron chi connectivity index (χ0n) is 73.1. The smallest absolute Gasteiger partial charge is 0.227 e. The minimum Gasteiger partial charge on any atom is -0.436 e. The molecular weight excluding hydrogens is 1720 g/mol. The Hall–Kier alpha value is -19.4. The second-order valence-electron chi connectivity index (χ2n) is 32.8. The molecule has 0 aliphatic carbocycles. The summed E-state index contributed by atoms with van der Waals surface area (Å²) in [5.74, 6) is 5.12. The third kappa shape index (κ3) is 15.8. The Morgan fingerprint density at radius 1 is 0.116 bits per heavy atom. The molecule has 0 radical (unpaired) electrons. The van der Waals surface area contributed by atoms with Gasteiger partial charge in [0.05, 0.1) is 0 Å². The Labute approximate surface area is 785 Å². The predicted molar refractivity (Wildman–Crippen MR) is 540 cm³/mol. The molecule has 0 saturated heterocycles. The lowest BCUT2D eigenvalue weighted by Crippen LogP contribution is -2.10. The van der Waals surface area contributed by atoms with Crippen LogP contribution in [0.3, 0.4) is 0 Å². The summed E-state index contributed by atoms with van der Waals surface area (Å²) in [6.07, 6.45) is 0. The van der Waals surface area contributed by atoms with Gasteiger partial charge < -0.3 is 54.5 Å². The van der Waals surface area contributed by atoms with Gasteiger partial charge in [-0.2, -0.15) is 0 Å². The number of rotatable bonds is 18. The van der Waals surface area contributed by atoms with Gasteiger partial charge in [0.2, 0.25) is 53.0 Å². The Kier molecular flexibility index (Phi) is 20.3. The minimum atomic E-state index is 0.559. The van der Waals surface area contributed by atoms with E-state index in [4.69, 9.17) is 69.7 Å². The van der Waals surface area contributed by atoms with Crippen LogP contribution in [-0.2, 0) is 0 Å². The first-order chi connectivity index (χ1) is 68.2. The van der Waals surface area contributed by atoms with Crippen molar-refractivity contribution >= 4 is 151 Å². The lowest BCUT2D eigenvalue weighted by molar-refractivity contribution is 0.619. The number of oxazole rings is 9. The second-order valence-corrected chi connectivity index (χ2v) is 32.8. The Bertz CT molecular complexity index is 8390. The molecule has 21 nitrogen and oxygen atoms in total. The number of benzene rings is 18. The Balaban J connectivity index is 0.000000110. The third-order valence-electron chi connectivity index (χ3n) is 23.9. The molecule has 0 amide bonds. The maximum atomic E-state index is 6.14. The average Bonchev–Trinajstić information content (AvgIpc) is 1.42. The molecule has 0 atom stereocenters. The van der Waals surface area contributed by atoms with Crippen molar-refractivity contribution in [2.24, 2.45) is 0 Å². The molecule has 0 saturated carbocycles. The van der Waals surface area contributed by atoms with Gasteiger partial charge in [-0.1, -0.05) is 146 Å². The van der Waals surface area contributed by atoms with Crippen molar-refractivity contribution in [1.29, 1.82) is 0 Å². The molecular formula is C117H72N12O9. The van der Waals surface area contributed by atoms with Crippen LogP contribution in [0.15, 0.2) is 477 Å². The number of hydrogen-bond donors (Lipinski definition) is 0. The first-order valence-corrected chi connectivity index (χ1v) is 44.8. The van der Waals surface area contributed by atoms with Crippen molar-refractivity contribution in [3.05, 3.63) is 437 Å². The van der Waals surface area contributed by atoms with E-state index in [9.17, 15) is 0 Å². The standard InChI is InChI=1S/3C39H24N4O3/c1-4-19-34-31(16-1)40-37(44-34)25-10-7-13-28(22-25)43(29-14-8-11-26(23-29)38-41-32-17-2-5-20-35(32)45-38)30-15-9-12-27(24-30)39-42-33-18-3-6-21-36(33)46-39;1-4-16-34-31(13-1)40-37(44-34)25-19-21-28(22-20-25)43(29-11-7-9-26(23-29)38-41-32-14-2-5-17-35(32)45-38)30-12-8-10-27(24-30)39-42-33-15-3-6-18-36(33)46-39;1-4-13-34-31(10-1)40-37(44-34)25-16-20-28(21-17-25)43(29-22-18-26(19-23-29)38-41-32-11-2-5-14-35(32)45-38)30-9-7-8-27(24-30)39-42-33-12-3-6-15-36(33)46-39/h3*1-24H. The number of nitrogens with zero attached hydrogens (tertiary/aromatic N) is 12. The molecule has 0 fully saturated rings. The summed E-state index contributed by atoms with van der Waals surface area (Å²) in [6, 6.07) is 144. The zero-order valence-corrected chi connectivity index (χ0v) is 73.1. The highest BCUT2D eigenvalue weighted by molar-refractivity contribution is 5.91. The highest BCUT2D eigenvalue weighted by Crippen LogP contribution is 2.46. The van der Waals surface area contributed by atoms with E-state index in [0.29, 0.717) is 53.0 Å². The second kappa shape index (κ2) is 34.7. The van der Waals surface area contributed by atoms with Crippen molar-refractivity contribution in [2.75, 3.05) is 14.7 Å². The number of aromatic nitrogens is 9. The quantitative estimate of drug-likeness (QED) is 0.0775. The van der Waals surface area contributed by atoms with Gasteiger partial charge >= 0.3 is 0 Å². The molecule has 654 valence electrons. The SMILES string of the molecule is c1cc(-c2nc3ccccc3o2)cc(N(c2ccc(-c3nc4ccccc4o3)cc2)c2ccc(-c3nc4ccccc4o3)cc2)c1.c1cc(-c2nc3ccccc3o2)cc(N(c2ccc(-c3nc4ccccc4o3)cc2)c2cccc(-c3nc4ccccc4o3)c2)c1.c1cc(-c2nc3ccccc3o2)cc(N(c2cccc(-c3nc4ccccc4o3)c2)c2cccc(-c3nc4ccccc4o3)c2)c1. The van der Waals surface area contributed by atoms with E-state index in [1.807, 2.05) is 328 Å². The van der Waals surface area contributed by atoms with Crippen LogP contribution in [0.2, 0.25) is 0 Å². The Morgan fingerprint density at radius 2 is 0.254 bits per heavy atom. The molecule has 0 aliphatic heterocycles. The minimum absolute atomic E-state index is 0.559. The summed E-state index contributed by atoms with van der Waals surface area (Å²) in [5.41, 5.74) is 30.5. The van der Waals surface area contributed by atoms with Gasteiger partial charge in [0.1, 0.15) is 49.7 Å². The van der Waals surface area contributed by atoms with Gasteiger partial charge in [-0.15, -0.1) is 0 Å². The Morgan fingerprint density at radius 3 is 0.413 bits per heavy atom. The van der Waals surface area contributed by atoms with Gasteiger partial charge in [-0.05, 0) is 291 Å². The first kappa shape index (κ1) is 80.7. The van der Waals surface area contributed by atoms with Gasteiger partial charge in [-0.3, -0.25) is 0 Å². The third-order valence-corrected chi connectivity index (χ3v) is 23.9. The van der Waals surface area contributed by atoms with Crippen LogP contribution in [0.4, 0.5) is 51.2 Å². The highest BCUT2D eigenvalue weighted by Gasteiger charge is 2.25. The van der Waals surface area contributed by atoms with E-state index in [2.05, 4.69) is 139 Å². The molecule has 138 heavy (non-hydrogen) atoms. The van der Waals surface area contributed by atoms with Crippen molar-refractivity contribution < 1.29 is 39.8 Å². The lowest BCUT2D eigenvalue weighted by atomic mass is 10.1. The molecule has 0 N–H and O–H groups in total. The topological polar surface area (TPSA) is 244 Å². The molecule has 9 heterocycles. The summed E-state index contributed by atoms with van der Waals surface area (Å²) in [7, 11) is 0. The van der Waals surface area contributed by atoms with Crippen LogP contribution in [0.1, 0.15) is 0 Å². The van der Waals surface area contributed by atoms with Crippen LogP contribution in [-0.4, -0.2) is 44.9 Å². The van der Waals surface area contributed by atoms with Crippen molar-refractivity contribution in [1.82, 2.24) is 44.9 Å². The summed E-state index contributed by atoms with van der Waals surface area (Å²) < 4.78 is 54.9. The fourth-order valence-electron chi connectivity index (χ4n) is 17.2. The van der Waals surface area contributed by atoms with E-state index in [1.54, 1.807) is 0 Å². The van der Waals surface area contributed by atoms with Gasteiger partial charge in [0.25, 0.3) is 0 Å². The van der Waals surface area contributed by atoms with Crippen LogP contribution in [0.25, 0.3) is 203 Å². The molecule has 21 heteroatoms. The summed E-state index contributed by atoms with van der Waals surface area (Å²) >= 11 is 0. The molecule has 9 aromatic heterocycles. The average molecular weight is 1790 g/mol. The van der Waals surface area contributed by atoms with Gasteiger partial charge in [0.15, 0.2) is 50.2 Å². The number of anilines is 9. The monoisotopic (exact) mass is 1790 g/mol. The molecule has 0 aliphatic rings. The maximum Gasteiger partial charge on any atom is 0.227 e. The molecule has 0 spiro atoms. The van der Waals surface area contributed by atoms with E-state index in [0.717, 1.165) is 201 Å². The summed E-state index contributed by atoms with van der Waals surface area (Å²) in [5, 5.41) is 0. The number of para-hydroxylation sites is 18. The van der Waals surface area contributed by atoms with E-state index in [1.165, 1.54) is 0 Å². The predicted octanol–water partition coefficient (Wildman–Crippen LogP) is 31.7. The zero-order chi connectivity index (χ0) is 91.4. The number of fused-ring (bicyclic) bond motifs is 9. The first-order valence-electron chi connectivity index (χ1n) is 44.8. The van der Waals surface area contributed by atoms with E-state index < -0.39 is 0 Å². The maximum absolute atomic E-state index is 6.14. The summed E-state index contributed by atoms with van der Waals surface area (Å²) in [6.45, 7) is 0. The van der Waals surface area contributed by atoms with Crippen molar-refractivity contribution in [3.63, 3.8) is 0 Å². The summed E-state index contributed by atoms with van der Waals surface area (Å²) in [4.78, 5) is 49.1. The van der Waals surface area contributed by atoms with E-state index >= 15 is 0 Å². The van der Waals surface area contributed by atoms with Gasteiger partial charge in [0, 0.05) is 101 Å². The highest BCUT2D eigenvalue weighted by atomic mass is 16.4. The fourth-order valence-corrected chi connectivity index (χ4v) is 17.2. The van der Waals surface area contributed by atoms with Crippen molar-refractivity contribution in [3.8, 4) is 103 Å². The molecule has 0 unspecified atom stereocenters. The lowest BCUT2D eigenvalue weighted by Gasteiger charge is -2.26. The van der Waals surface area contributed by atoms with Gasteiger partial charge in [-0.25, -0.2) is 44.9 Å². The van der Waals surface area contributed by atoms with E-state index in [-0.39, 0.29) is 0 Å². The van der Waals surface area contributed by atoms with Crippen LogP contribution in [0, 0.1) is 0 Å². The van der Waals surface area contributed by atoms with Crippen LogP contribution in [0.5, 0.6) is 0 Å². The van der Waals surface area contributed by atoms with Crippen LogP contribution < -0.4 is 14.7 Å². The van der Waals surface area contributed by atoms with Crippen molar-refractivity contribution in [2.45, 2.75) is 0 Å². The molecule has 18 aromatic carbocycles. The fraction of sp³-hybridized carbons (Fsp3) is 0. The molecule has 0 bridgehead atoms. The molecule has 27 aromatic rings. The largest absolute Gasteiger partial charge is 0.436 e.